The SMILES string of the molecule is Cc1ccc(S(=O)(=O)n2cc(C3=NC(c4cccc(Cl)c4)C(c4ccc(Cl)cc4)N3C(=O)C3CCNC(=O)C3)c3ccccc32)cc1. The van der Waals surface area contributed by atoms with Crippen LogP contribution in [-0.4, -0.2) is 41.5 Å². The van der Waals surface area contributed by atoms with E-state index in [1.165, 1.54) is 3.97 Å². The Morgan fingerprint density at radius 3 is 2.36 bits per heavy atom. The molecule has 7 rings (SSSR count). The summed E-state index contributed by atoms with van der Waals surface area (Å²) in [5, 5.41) is 4.49. The van der Waals surface area contributed by atoms with E-state index < -0.39 is 28.0 Å². The maximum atomic E-state index is 14.7. The van der Waals surface area contributed by atoms with Crippen LogP contribution < -0.4 is 5.32 Å². The third-order valence-electron chi connectivity index (χ3n) is 8.80. The summed E-state index contributed by atoms with van der Waals surface area (Å²) >= 11 is 12.8. The van der Waals surface area contributed by atoms with E-state index in [1.807, 2.05) is 49.4 Å². The summed E-state index contributed by atoms with van der Waals surface area (Å²) in [6.07, 6.45) is 2.06. The second kappa shape index (κ2) is 12.3. The van der Waals surface area contributed by atoms with Crippen molar-refractivity contribution in [2.45, 2.75) is 36.7 Å². The van der Waals surface area contributed by atoms with Crippen molar-refractivity contribution in [1.29, 1.82) is 0 Å². The largest absolute Gasteiger partial charge is 0.356 e. The van der Waals surface area contributed by atoms with Crippen molar-refractivity contribution in [2.75, 3.05) is 6.54 Å². The second-order valence-corrected chi connectivity index (χ2v) is 14.6. The number of piperidine rings is 1. The molecule has 0 saturated carbocycles. The summed E-state index contributed by atoms with van der Waals surface area (Å²) in [6, 6.07) is 27.2. The molecule has 47 heavy (non-hydrogen) atoms. The number of carbonyl (C=O) groups is 2. The van der Waals surface area contributed by atoms with Gasteiger partial charge < -0.3 is 5.32 Å². The van der Waals surface area contributed by atoms with E-state index >= 15 is 0 Å². The van der Waals surface area contributed by atoms with Crippen LogP contribution in [-0.2, 0) is 19.6 Å². The molecule has 3 atom stereocenters. The molecule has 2 aliphatic heterocycles. The number of benzene rings is 4. The number of amides is 2. The highest BCUT2D eigenvalue weighted by Crippen LogP contribution is 2.46. The van der Waals surface area contributed by atoms with E-state index in [0.717, 1.165) is 16.7 Å². The van der Waals surface area contributed by atoms with Crippen molar-refractivity contribution in [1.82, 2.24) is 14.2 Å². The zero-order valence-electron chi connectivity index (χ0n) is 25.3. The lowest BCUT2D eigenvalue weighted by Crippen LogP contribution is -2.45. The molecule has 4 aromatic carbocycles. The van der Waals surface area contributed by atoms with E-state index in [2.05, 4.69) is 5.32 Å². The smallest absolute Gasteiger partial charge is 0.268 e. The standard InChI is InChI=1S/C36H30Cl2N4O4S/c1-22-9-15-28(16-10-22)47(45,46)41-21-30(29-7-2-3-8-31(29)41)35-40-33(24-5-4-6-27(38)19-24)34(23-11-13-26(37)14-12-23)42(35)36(44)25-17-18-39-32(43)20-25/h2-16,19,21,25,33-34H,17-18,20H2,1H3,(H,39,43). The van der Waals surface area contributed by atoms with Crippen LogP contribution in [0.4, 0.5) is 0 Å². The number of nitrogens with zero attached hydrogens (tertiary/aromatic N) is 3. The number of aromatic nitrogens is 1. The van der Waals surface area contributed by atoms with Crippen LogP contribution in [0.1, 0.15) is 47.2 Å². The molecule has 5 aromatic rings. The Balaban J connectivity index is 1.46. The second-order valence-electron chi connectivity index (χ2n) is 11.9. The minimum Gasteiger partial charge on any atom is -0.356 e. The summed E-state index contributed by atoms with van der Waals surface area (Å²) < 4.78 is 29.5. The van der Waals surface area contributed by atoms with Gasteiger partial charge in [-0.05, 0) is 66.9 Å². The van der Waals surface area contributed by atoms with Crippen LogP contribution in [0.2, 0.25) is 10.0 Å². The van der Waals surface area contributed by atoms with Gasteiger partial charge >= 0.3 is 0 Å². The molecule has 0 aliphatic carbocycles. The first kappa shape index (κ1) is 31.2. The van der Waals surface area contributed by atoms with Gasteiger partial charge in [0.15, 0.2) is 0 Å². The third-order valence-corrected chi connectivity index (χ3v) is 11.0. The number of aliphatic imine (C=N–C) groups is 1. The van der Waals surface area contributed by atoms with Gasteiger partial charge in [0.05, 0.1) is 16.5 Å². The number of hydrogen-bond acceptors (Lipinski definition) is 5. The number of carbonyl (C=O) groups excluding carboxylic acids is 2. The predicted molar refractivity (Wildman–Crippen MR) is 183 cm³/mol. The third kappa shape index (κ3) is 5.73. The first-order valence-corrected chi connectivity index (χ1v) is 17.4. The molecule has 11 heteroatoms. The van der Waals surface area contributed by atoms with Crippen molar-refractivity contribution < 1.29 is 18.0 Å². The average Bonchev–Trinajstić information content (AvgIpc) is 3.65. The maximum absolute atomic E-state index is 14.7. The molecule has 1 N–H and O–H groups in total. The van der Waals surface area contributed by atoms with Crippen molar-refractivity contribution in [3.63, 3.8) is 0 Å². The van der Waals surface area contributed by atoms with Crippen molar-refractivity contribution >= 4 is 61.8 Å². The van der Waals surface area contributed by atoms with Gasteiger partial charge in [-0.15, -0.1) is 0 Å². The molecule has 2 aliphatic rings. The molecule has 0 radical (unpaired) electrons. The van der Waals surface area contributed by atoms with Crippen LogP contribution in [0.5, 0.6) is 0 Å². The molecule has 1 saturated heterocycles. The van der Waals surface area contributed by atoms with Crippen LogP contribution >= 0.6 is 23.2 Å². The zero-order chi connectivity index (χ0) is 32.9. The number of aryl methyl sites for hydroxylation is 1. The average molecular weight is 686 g/mol. The van der Waals surface area contributed by atoms with Gasteiger partial charge in [-0.1, -0.05) is 83.4 Å². The predicted octanol–water partition coefficient (Wildman–Crippen LogP) is 7.09. The number of hydrogen-bond donors (Lipinski definition) is 1. The summed E-state index contributed by atoms with van der Waals surface area (Å²) in [5.41, 5.74) is 3.43. The Labute approximate surface area is 282 Å². The van der Waals surface area contributed by atoms with E-state index in [1.54, 1.807) is 65.7 Å². The van der Waals surface area contributed by atoms with E-state index in [9.17, 15) is 18.0 Å². The summed E-state index contributed by atoms with van der Waals surface area (Å²) in [4.78, 5) is 34.2. The number of rotatable bonds is 6. The van der Waals surface area contributed by atoms with Crippen LogP contribution in [0.15, 0.2) is 113 Å². The lowest BCUT2D eigenvalue weighted by atomic mass is 9.90. The van der Waals surface area contributed by atoms with Crippen LogP contribution in [0.3, 0.4) is 0 Å². The number of nitrogens with one attached hydrogen (secondary N) is 1. The van der Waals surface area contributed by atoms with Gasteiger partial charge in [0.2, 0.25) is 11.8 Å². The molecule has 1 aromatic heterocycles. The van der Waals surface area contributed by atoms with Crippen LogP contribution in [0.25, 0.3) is 10.9 Å². The van der Waals surface area contributed by atoms with Gasteiger partial charge in [-0.2, -0.15) is 0 Å². The fourth-order valence-electron chi connectivity index (χ4n) is 6.46. The molecular weight excluding hydrogens is 655 g/mol. The highest BCUT2D eigenvalue weighted by Gasteiger charge is 2.45. The molecule has 0 spiro atoms. The molecule has 3 unspecified atom stereocenters. The van der Waals surface area contributed by atoms with E-state index in [4.69, 9.17) is 28.2 Å². The Kier molecular flexibility index (Phi) is 8.16. The Morgan fingerprint density at radius 1 is 0.894 bits per heavy atom. The Hall–Kier alpha value is -4.44. The van der Waals surface area contributed by atoms with E-state index in [0.29, 0.717) is 45.3 Å². The normalized spacial score (nSPS) is 19.9. The van der Waals surface area contributed by atoms with Crippen molar-refractivity contribution in [2.24, 2.45) is 10.9 Å². The number of para-hydroxylation sites is 1. The first-order valence-electron chi connectivity index (χ1n) is 15.2. The Bertz CT molecular complexity index is 2160. The van der Waals surface area contributed by atoms with Crippen molar-refractivity contribution in [3.8, 4) is 0 Å². The number of fused-ring (bicyclic) bond motifs is 1. The highest BCUT2D eigenvalue weighted by atomic mass is 35.5. The monoisotopic (exact) mass is 684 g/mol. The lowest BCUT2D eigenvalue weighted by molar-refractivity contribution is -0.138. The van der Waals surface area contributed by atoms with E-state index in [-0.39, 0.29) is 23.1 Å². The summed E-state index contributed by atoms with van der Waals surface area (Å²) in [6.45, 7) is 2.28. The maximum Gasteiger partial charge on any atom is 0.268 e. The lowest BCUT2D eigenvalue weighted by Gasteiger charge is -2.33. The number of amidine groups is 1. The molecule has 0 bridgehead atoms. The van der Waals surface area contributed by atoms with Gasteiger partial charge in [0.25, 0.3) is 10.0 Å². The summed E-state index contributed by atoms with van der Waals surface area (Å²) in [5.74, 6) is -0.727. The first-order chi connectivity index (χ1) is 22.6. The minimum absolute atomic E-state index is 0.0430. The molecule has 3 heterocycles. The summed E-state index contributed by atoms with van der Waals surface area (Å²) in [7, 11) is -4.03. The van der Waals surface area contributed by atoms with Crippen LogP contribution in [0, 0.1) is 12.8 Å². The molecule has 1 fully saturated rings. The molecule has 8 nitrogen and oxygen atoms in total. The molecule has 2 amide bonds. The Morgan fingerprint density at radius 2 is 1.64 bits per heavy atom. The number of halogens is 2. The fourth-order valence-corrected chi connectivity index (χ4v) is 8.15. The van der Waals surface area contributed by atoms with Crippen molar-refractivity contribution in [3.05, 3.63) is 136 Å². The van der Waals surface area contributed by atoms with Gasteiger partial charge in [0, 0.05) is 46.1 Å². The van der Waals surface area contributed by atoms with Gasteiger partial charge in [0.1, 0.15) is 11.9 Å². The molecule has 238 valence electrons. The fraction of sp³-hybridized carbons (Fsp3) is 0.194. The quantitative estimate of drug-likeness (QED) is 0.206. The van der Waals surface area contributed by atoms with Gasteiger partial charge in [-0.25, -0.2) is 12.4 Å². The highest BCUT2D eigenvalue weighted by molar-refractivity contribution is 7.90. The minimum atomic E-state index is -4.03. The van der Waals surface area contributed by atoms with Gasteiger partial charge in [-0.3, -0.25) is 19.5 Å². The molecular formula is C36H30Cl2N4O4S. The topological polar surface area (TPSA) is 101 Å². The zero-order valence-corrected chi connectivity index (χ0v) is 27.6.